The maximum absolute atomic E-state index is 8.63. The summed E-state index contributed by atoms with van der Waals surface area (Å²) in [7, 11) is 0. The molecular formula is C13H16N2. The van der Waals surface area contributed by atoms with Crippen LogP contribution in [0.2, 0.25) is 0 Å². The van der Waals surface area contributed by atoms with Crippen LogP contribution < -0.4 is 0 Å². The Labute approximate surface area is 91.1 Å². The number of rotatable bonds is 3. The van der Waals surface area contributed by atoms with Crippen molar-refractivity contribution in [3.05, 3.63) is 35.9 Å². The molecule has 78 valence electrons. The lowest BCUT2D eigenvalue weighted by atomic mass is 10.1. The molecule has 0 amide bonds. The first-order valence-electron chi connectivity index (χ1n) is 5.51. The average molecular weight is 200 g/mol. The lowest BCUT2D eigenvalue weighted by Gasteiger charge is -2.15. The van der Waals surface area contributed by atoms with Crippen LogP contribution in [-0.2, 0) is 6.54 Å². The second-order valence-electron chi connectivity index (χ2n) is 4.24. The zero-order valence-corrected chi connectivity index (χ0v) is 8.89. The van der Waals surface area contributed by atoms with Gasteiger partial charge in [-0.05, 0) is 24.4 Å². The Morgan fingerprint density at radius 3 is 2.87 bits per heavy atom. The van der Waals surface area contributed by atoms with Gasteiger partial charge < -0.3 is 0 Å². The molecule has 2 heteroatoms. The number of nitrogens with zero attached hydrogens (tertiary/aromatic N) is 2. The normalized spacial score (nSPS) is 21.4. The van der Waals surface area contributed by atoms with Crippen LogP contribution in [-0.4, -0.2) is 18.0 Å². The highest BCUT2D eigenvalue weighted by Crippen LogP contribution is 2.20. The van der Waals surface area contributed by atoms with Crippen LogP contribution in [0, 0.1) is 17.2 Å². The van der Waals surface area contributed by atoms with Crippen LogP contribution in [0.3, 0.4) is 0 Å². The Balaban J connectivity index is 1.85. The summed E-state index contributed by atoms with van der Waals surface area (Å²) in [5.41, 5.74) is 1.37. The van der Waals surface area contributed by atoms with E-state index < -0.39 is 0 Å². The molecule has 1 heterocycles. The first-order chi connectivity index (χ1) is 7.38. The third-order valence-electron chi connectivity index (χ3n) is 3.00. The summed E-state index contributed by atoms with van der Waals surface area (Å²) < 4.78 is 0. The highest BCUT2D eigenvalue weighted by atomic mass is 15.1. The van der Waals surface area contributed by atoms with Crippen LogP contribution in [0.5, 0.6) is 0 Å². The standard InChI is InChI=1S/C13H16N2/c14-8-6-13-7-9-15(11-13)10-12-4-2-1-3-5-12/h1-5,13H,6-7,9-11H2/t13-/m0/s1. The highest BCUT2D eigenvalue weighted by molar-refractivity contribution is 5.14. The molecule has 1 fully saturated rings. The molecule has 1 atom stereocenters. The van der Waals surface area contributed by atoms with E-state index in [1.54, 1.807) is 0 Å². The summed E-state index contributed by atoms with van der Waals surface area (Å²) >= 11 is 0. The van der Waals surface area contributed by atoms with Crippen molar-refractivity contribution in [1.82, 2.24) is 4.90 Å². The zero-order chi connectivity index (χ0) is 10.5. The molecule has 1 aromatic carbocycles. The molecule has 0 aromatic heterocycles. The summed E-state index contributed by atoms with van der Waals surface area (Å²) in [4.78, 5) is 2.44. The van der Waals surface area contributed by atoms with Crippen LogP contribution in [0.4, 0.5) is 0 Å². The molecule has 1 aliphatic heterocycles. The topological polar surface area (TPSA) is 27.0 Å². The number of nitriles is 1. The smallest absolute Gasteiger partial charge is 0.0625 e. The van der Waals surface area contributed by atoms with Crippen molar-refractivity contribution in [3.63, 3.8) is 0 Å². The van der Waals surface area contributed by atoms with Crippen LogP contribution >= 0.6 is 0 Å². The van der Waals surface area contributed by atoms with Crippen molar-refractivity contribution in [2.75, 3.05) is 13.1 Å². The van der Waals surface area contributed by atoms with Gasteiger partial charge in [0.2, 0.25) is 0 Å². The Morgan fingerprint density at radius 2 is 2.13 bits per heavy atom. The Bertz CT molecular complexity index is 339. The Kier molecular flexibility index (Phi) is 3.37. The van der Waals surface area contributed by atoms with Crippen molar-refractivity contribution < 1.29 is 0 Å². The monoisotopic (exact) mass is 200 g/mol. The van der Waals surface area contributed by atoms with E-state index in [0.717, 1.165) is 19.6 Å². The molecule has 2 rings (SSSR count). The van der Waals surface area contributed by atoms with Gasteiger partial charge in [-0.15, -0.1) is 0 Å². The van der Waals surface area contributed by atoms with Gasteiger partial charge in [0.05, 0.1) is 6.07 Å². The van der Waals surface area contributed by atoms with Gasteiger partial charge in [0.1, 0.15) is 0 Å². The van der Waals surface area contributed by atoms with Gasteiger partial charge >= 0.3 is 0 Å². The predicted molar refractivity (Wildman–Crippen MR) is 60.1 cm³/mol. The van der Waals surface area contributed by atoms with Gasteiger partial charge in [-0.3, -0.25) is 4.90 Å². The van der Waals surface area contributed by atoms with Crippen molar-refractivity contribution in [2.45, 2.75) is 19.4 Å². The molecule has 15 heavy (non-hydrogen) atoms. The summed E-state index contributed by atoms with van der Waals surface area (Å²) in [5, 5.41) is 8.63. The molecule has 0 aliphatic carbocycles. The maximum Gasteiger partial charge on any atom is 0.0625 e. The van der Waals surface area contributed by atoms with Gasteiger partial charge in [-0.25, -0.2) is 0 Å². The van der Waals surface area contributed by atoms with E-state index in [9.17, 15) is 0 Å². The third kappa shape index (κ3) is 2.81. The fourth-order valence-electron chi connectivity index (χ4n) is 2.19. The quantitative estimate of drug-likeness (QED) is 0.749. The molecule has 1 aliphatic rings. The minimum atomic E-state index is 0.596. The lowest BCUT2D eigenvalue weighted by Crippen LogP contribution is -2.19. The summed E-state index contributed by atoms with van der Waals surface area (Å²) in [6, 6.07) is 12.8. The number of benzene rings is 1. The molecule has 1 saturated heterocycles. The first-order valence-corrected chi connectivity index (χ1v) is 5.51. The van der Waals surface area contributed by atoms with E-state index in [1.165, 1.54) is 12.0 Å². The van der Waals surface area contributed by atoms with Gasteiger partial charge in [0.25, 0.3) is 0 Å². The molecule has 0 unspecified atom stereocenters. The molecule has 1 aromatic rings. The third-order valence-corrected chi connectivity index (χ3v) is 3.00. The van der Waals surface area contributed by atoms with E-state index in [0.29, 0.717) is 12.3 Å². The number of likely N-dealkylation sites (tertiary alicyclic amines) is 1. The van der Waals surface area contributed by atoms with Crippen LogP contribution in [0.25, 0.3) is 0 Å². The van der Waals surface area contributed by atoms with Gasteiger partial charge in [-0.1, -0.05) is 30.3 Å². The number of hydrogen-bond donors (Lipinski definition) is 0. The fraction of sp³-hybridized carbons (Fsp3) is 0.462. The maximum atomic E-state index is 8.63. The minimum Gasteiger partial charge on any atom is -0.299 e. The van der Waals surface area contributed by atoms with Crippen molar-refractivity contribution in [3.8, 4) is 6.07 Å². The van der Waals surface area contributed by atoms with Crippen molar-refractivity contribution >= 4 is 0 Å². The summed E-state index contributed by atoms with van der Waals surface area (Å²) in [6.45, 7) is 3.26. The van der Waals surface area contributed by atoms with E-state index in [-0.39, 0.29) is 0 Å². The zero-order valence-electron chi connectivity index (χ0n) is 8.89. The Hall–Kier alpha value is -1.33. The molecule has 0 bridgehead atoms. The summed E-state index contributed by atoms with van der Waals surface area (Å²) in [5.74, 6) is 0.596. The molecule has 2 nitrogen and oxygen atoms in total. The Morgan fingerprint density at radius 1 is 1.33 bits per heavy atom. The van der Waals surface area contributed by atoms with Crippen molar-refractivity contribution in [2.24, 2.45) is 5.92 Å². The molecule has 0 spiro atoms. The largest absolute Gasteiger partial charge is 0.299 e. The van der Waals surface area contributed by atoms with E-state index >= 15 is 0 Å². The minimum absolute atomic E-state index is 0.596. The van der Waals surface area contributed by atoms with Crippen LogP contribution in [0.15, 0.2) is 30.3 Å². The first kappa shape index (κ1) is 10.2. The van der Waals surface area contributed by atoms with E-state index in [2.05, 4.69) is 35.2 Å². The van der Waals surface area contributed by atoms with Gasteiger partial charge in [0.15, 0.2) is 0 Å². The molecule has 0 radical (unpaired) electrons. The van der Waals surface area contributed by atoms with Gasteiger partial charge in [-0.2, -0.15) is 5.26 Å². The molecule has 0 saturated carbocycles. The van der Waals surface area contributed by atoms with Crippen molar-refractivity contribution in [1.29, 1.82) is 5.26 Å². The molecular weight excluding hydrogens is 184 g/mol. The van der Waals surface area contributed by atoms with Crippen LogP contribution in [0.1, 0.15) is 18.4 Å². The lowest BCUT2D eigenvalue weighted by molar-refractivity contribution is 0.317. The highest BCUT2D eigenvalue weighted by Gasteiger charge is 2.21. The number of hydrogen-bond acceptors (Lipinski definition) is 2. The second-order valence-corrected chi connectivity index (χ2v) is 4.24. The second kappa shape index (κ2) is 4.95. The van der Waals surface area contributed by atoms with E-state index in [4.69, 9.17) is 5.26 Å². The fourth-order valence-corrected chi connectivity index (χ4v) is 2.19. The average Bonchev–Trinajstić information content (AvgIpc) is 2.68. The molecule has 0 N–H and O–H groups in total. The predicted octanol–water partition coefficient (Wildman–Crippen LogP) is 2.42. The summed E-state index contributed by atoms with van der Waals surface area (Å²) in [6.07, 6.45) is 1.89. The SMILES string of the molecule is N#CC[C@H]1CCN(Cc2ccccc2)C1. The van der Waals surface area contributed by atoms with E-state index in [1.807, 2.05) is 6.07 Å². The van der Waals surface area contributed by atoms with Gasteiger partial charge in [0, 0.05) is 19.5 Å².